The molecule has 0 unspecified atom stereocenters. The highest BCUT2D eigenvalue weighted by Gasteiger charge is 2.09. The highest BCUT2D eigenvalue weighted by Crippen LogP contribution is 2.13. The van der Waals surface area contributed by atoms with Gasteiger partial charge in [-0.25, -0.2) is 10.4 Å². The summed E-state index contributed by atoms with van der Waals surface area (Å²) < 4.78 is 0. The van der Waals surface area contributed by atoms with E-state index >= 15 is 0 Å². The minimum Gasteiger partial charge on any atom is -0.273 e. The van der Waals surface area contributed by atoms with Gasteiger partial charge in [0.25, 0.3) is 5.69 Å². The van der Waals surface area contributed by atoms with Gasteiger partial charge in [0.15, 0.2) is 0 Å². The van der Waals surface area contributed by atoms with E-state index in [4.69, 9.17) is 0 Å². The maximum atomic E-state index is 11.8. The quantitative estimate of drug-likeness (QED) is 0.520. The SMILES string of the molecule is C/C(=N/NC(=O)Cc1csc(C)n1)c1cccc([N+](=O)[O-])c1. The second-order valence-corrected chi connectivity index (χ2v) is 5.64. The molecule has 0 spiro atoms. The lowest BCUT2D eigenvalue weighted by Crippen LogP contribution is -2.21. The number of thiazole rings is 1. The monoisotopic (exact) mass is 318 g/mol. The second-order valence-electron chi connectivity index (χ2n) is 4.57. The van der Waals surface area contributed by atoms with E-state index < -0.39 is 4.92 Å². The molecule has 22 heavy (non-hydrogen) atoms. The molecular weight excluding hydrogens is 304 g/mol. The Morgan fingerprint density at radius 3 is 2.91 bits per heavy atom. The van der Waals surface area contributed by atoms with Gasteiger partial charge >= 0.3 is 0 Å². The predicted octanol–water partition coefficient (Wildman–Crippen LogP) is 2.44. The van der Waals surface area contributed by atoms with Gasteiger partial charge in [0.2, 0.25) is 5.91 Å². The minimum atomic E-state index is -0.472. The van der Waals surface area contributed by atoms with Crippen LogP contribution in [0.25, 0.3) is 0 Å². The van der Waals surface area contributed by atoms with Crippen LogP contribution in [0.2, 0.25) is 0 Å². The summed E-state index contributed by atoms with van der Waals surface area (Å²) in [6.07, 6.45) is 0.149. The lowest BCUT2D eigenvalue weighted by molar-refractivity contribution is -0.384. The molecule has 0 bridgehead atoms. The Morgan fingerprint density at radius 2 is 2.27 bits per heavy atom. The molecule has 1 N–H and O–H groups in total. The van der Waals surface area contributed by atoms with Crippen LogP contribution in [0.5, 0.6) is 0 Å². The number of hydrazone groups is 1. The normalized spacial score (nSPS) is 11.3. The Balaban J connectivity index is 2.01. The van der Waals surface area contributed by atoms with E-state index in [1.54, 1.807) is 19.1 Å². The Labute approximate surface area is 130 Å². The molecular formula is C14H14N4O3S. The highest BCUT2D eigenvalue weighted by atomic mass is 32.1. The maximum absolute atomic E-state index is 11.8. The molecule has 1 amide bonds. The van der Waals surface area contributed by atoms with Gasteiger partial charge in [-0.15, -0.1) is 11.3 Å². The van der Waals surface area contributed by atoms with Gasteiger partial charge < -0.3 is 0 Å². The zero-order chi connectivity index (χ0) is 16.1. The fourth-order valence-electron chi connectivity index (χ4n) is 1.75. The number of aryl methyl sites for hydroxylation is 1. The number of carbonyl (C=O) groups is 1. The molecule has 0 radical (unpaired) electrons. The first-order chi connectivity index (χ1) is 10.5. The van der Waals surface area contributed by atoms with Gasteiger partial charge in [0.1, 0.15) is 0 Å². The smallest absolute Gasteiger partial charge is 0.270 e. The number of hydrogen-bond acceptors (Lipinski definition) is 6. The van der Waals surface area contributed by atoms with E-state index in [0.717, 1.165) is 5.01 Å². The minimum absolute atomic E-state index is 0.0173. The molecule has 0 saturated heterocycles. The van der Waals surface area contributed by atoms with E-state index in [1.807, 2.05) is 12.3 Å². The molecule has 114 valence electrons. The van der Waals surface area contributed by atoms with Crippen LogP contribution in [0, 0.1) is 17.0 Å². The fraction of sp³-hybridized carbons (Fsp3) is 0.214. The van der Waals surface area contributed by atoms with Crippen molar-refractivity contribution in [3.63, 3.8) is 0 Å². The number of benzene rings is 1. The third kappa shape index (κ3) is 4.19. The van der Waals surface area contributed by atoms with Crippen molar-refractivity contribution in [3.8, 4) is 0 Å². The summed E-state index contributed by atoms with van der Waals surface area (Å²) in [5.74, 6) is -0.282. The zero-order valence-corrected chi connectivity index (χ0v) is 12.9. The molecule has 0 atom stereocenters. The second kappa shape index (κ2) is 6.90. The van der Waals surface area contributed by atoms with Crippen molar-refractivity contribution in [2.75, 3.05) is 0 Å². The average molecular weight is 318 g/mol. The van der Waals surface area contributed by atoms with Crippen LogP contribution in [0.4, 0.5) is 5.69 Å². The molecule has 0 fully saturated rings. The first-order valence-electron chi connectivity index (χ1n) is 6.44. The molecule has 2 rings (SSSR count). The fourth-order valence-corrected chi connectivity index (χ4v) is 2.36. The van der Waals surface area contributed by atoms with Crippen molar-refractivity contribution < 1.29 is 9.72 Å². The number of nitro benzene ring substituents is 1. The first kappa shape index (κ1) is 15.8. The molecule has 0 aliphatic rings. The van der Waals surface area contributed by atoms with Crippen LogP contribution in [0.15, 0.2) is 34.7 Å². The number of rotatable bonds is 5. The molecule has 1 aromatic heterocycles. The number of amides is 1. The van der Waals surface area contributed by atoms with Crippen molar-refractivity contribution in [2.45, 2.75) is 20.3 Å². The Kier molecular flexibility index (Phi) is 4.95. The van der Waals surface area contributed by atoms with E-state index in [-0.39, 0.29) is 18.0 Å². The van der Waals surface area contributed by atoms with Gasteiger partial charge in [0.05, 0.1) is 27.8 Å². The summed E-state index contributed by atoms with van der Waals surface area (Å²) in [7, 11) is 0. The number of nitro groups is 1. The number of hydrogen-bond donors (Lipinski definition) is 1. The van der Waals surface area contributed by atoms with Crippen LogP contribution < -0.4 is 5.43 Å². The summed E-state index contributed by atoms with van der Waals surface area (Å²) in [6.45, 7) is 3.54. The molecule has 8 heteroatoms. The topological polar surface area (TPSA) is 97.5 Å². The molecule has 0 saturated carbocycles. The zero-order valence-electron chi connectivity index (χ0n) is 12.1. The Bertz CT molecular complexity index is 739. The van der Waals surface area contributed by atoms with E-state index in [2.05, 4.69) is 15.5 Å². The number of non-ortho nitro benzene ring substituents is 1. The third-order valence-electron chi connectivity index (χ3n) is 2.83. The number of aromatic nitrogens is 1. The predicted molar refractivity (Wildman–Crippen MR) is 84.0 cm³/mol. The van der Waals surface area contributed by atoms with Crippen LogP contribution in [-0.4, -0.2) is 21.5 Å². The molecule has 0 aliphatic carbocycles. The Morgan fingerprint density at radius 1 is 1.50 bits per heavy atom. The molecule has 1 heterocycles. The molecule has 0 aliphatic heterocycles. The van der Waals surface area contributed by atoms with Gasteiger partial charge in [-0.2, -0.15) is 5.10 Å². The summed E-state index contributed by atoms with van der Waals surface area (Å²) in [4.78, 5) is 26.2. The summed E-state index contributed by atoms with van der Waals surface area (Å²) >= 11 is 1.48. The van der Waals surface area contributed by atoms with Gasteiger partial charge in [-0.1, -0.05) is 12.1 Å². The molecule has 2 aromatic rings. The number of carbonyl (C=O) groups excluding carboxylic acids is 1. The van der Waals surface area contributed by atoms with Gasteiger partial charge in [0, 0.05) is 23.1 Å². The lowest BCUT2D eigenvalue weighted by Gasteiger charge is -2.02. The highest BCUT2D eigenvalue weighted by molar-refractivity contribution is 7.09. The number of nitrogens with zero attached hydrogens (tertiary/aromatic N) is 3. The van der Waals surface area contributed by atoms with E-state index in [1.165, 1.54) is 23.5 Å². The van der Waals surface area contributed by atoms with Crippen LogP contribution >= 0.6 is 11.3 Å². The first-order valence-corrected chi connectivity index (χ1v) is 7.32. The van der Waals surface area contributed by atoms with Crippen molar-refractivity contribution in [1.82, 2.24) is 10.4 Å². The van der Waals surface area contributed by atoms with Gasteiger partial charge in [-0.05, 0) is 13.8 Å². The van der Waals surface area contributed by atoms with Crippen LogP contribution in [0.1, 0.15) is 23.2 Å². The van der Waals surface area contributed by atoms with Crippen molar-refractivity contribution in [2.24, 2.45) is 5.10 Å². The lowest BCUT2D eigenvalue weighted by atomic mass is 10.1. The largest absolute Gasteiger partial charge is 0.273 e. The van der Waals surface area contributed by atoms with Crippen molar-refractivity contribution in [1.29, 1.82) is 0 Å². The molecule has 7 nitrogen and oxygen atoms in total. The molecule has 1 aromatic carbocycles. The Hall–Kier alpha value is -2.61. The van der Waals surface area contributed by atoms with E-state index in [0.29, 0.717) is 17.0 Å². The van der Waals surface area contributed by atoms with Crippen LogP contribution in [-0.2, 0) is 11.2 Å². The van der Waals surface area contributed by atoms with E-state index in [9.17, 15) is 14.9 Å². The summed E-state index contributed by atoms with van der Waals surface area (Å²) in [5, 5.41) is 17.4. The standard InChI is InChI=1S/C14H14N4O3S/c1-9(11-4-3-5-13(6-11)18(20)21)16-17-14(19)7-12-8-22-10(2)15-12/h3-6,8H,7H2,1-2H3,(H,17,19)/b16-9-. The summed E-state index contributed by atoms with van der Waals surface area (Å²) in [5.41, 5.74) is 4.19. The summed E-state index contributed by atoms with van der Waals surface area (Å²) in [6, 6.07) is 6.09. The number of nitrogens with one attached hydrogen (secondary N) is 1. The average Bonchev–Trinajstić information content (AvgIpc) is 2.90. The van der Waals surface area contributed by atoms with Crippen LogP contribution in [0.3, 0.4) is 0 Å². The van der Waals surface area contributed by atoms with Crippen molar-refractivity contribution >= 4 is 28.6 Å². The van der Waals surface area contributed by atoms with Crippen molar-refractivity contribution in [3.05, 3.63) is 56.0 Å². The third-order valence-corrected chi connectivity index (χ3v) is 3.65. The maximum Gasteiger partial charge on any atom is 0.270 e. The van der Waals surface area contributed by atoms with Gasteiger partial charge in [-0.3, -0.25) is 14.9 Å².